The van der Waals surface area contributed by atoms with Crippen molar-refractivity contribution in [1.29, 1.82) is 0 Å². The van der Waals surface area contributed by atoms with Gasteiger partial charge < -0.3 is 5.73 Å². The molecule has 0 saturated carbocycles. The van der Waals surface area contributed by atoms with E-state index in [9.17, 15) is 0 Å². The molecule has 0 aliphatic rings. The van der Waals surface area contributed by atoms with E-state index in [0.29, 0.717) is 6.04 Å². The van der Waals surface area contributed by atoms with Crippen molar-refractivity contribution in [2.75, 3.05) is 5.73 Å². The third-order valence-corrected chi connectivity index (χ3v) is 3.09. The van der Waals surface area contributed by atoms with E-state index >= 15 is 0 Å². The summed E-state index contributed by atoms with van der Waals surface area (Å²) in [6.45, 7) is 6.45. The maximum absolute atomic E-state index is 5.95. The number of nitrogens with two attached hydrogens (primary N) is 1. The third kappa shape index (κ3) is 3.54. The van der Waals surface area contributed by atoms with Crippen molar-refractivity contribution in [1.82, 2.24) is 9.78 Å². The minimum absolute atomic E-state index is 0.477. The maximum atomic E-state index is 5.95. The first-order chi connectivity index (χ1) is 7.69. The normalized spacial score (nSPS) is 12.9. The highest BCUT2D eigenvalue weighted by atomic mass is 15.3. The average molecular weight is 223 g/mol. The van der Waals surface area contributed by atoms with Crippen LogP contribution in [0.25, 0.3) is 0 Å². The molecule has 3 nitrogen and oxygen atoms in total. The van der Waals surface area contributed by atoms with Gasteiger partial charge in [0.25, 0.3) is 0 Å². The molecule has 3 heteroatoms. The molecule has 1 heterocycles. The monoisotopic (exact) mass is 223 g/mol. The summed E-state index contributed by atoms with van der Waals surface area (Å²) in [6, 6.07) is 2.43. The lowest BCUT2D eigenvalue weighted by Gasteiger charge is -2.16. The standard InChI is InChI=1S/C13H25N3/c1-4-6-7-8-9-12(5-2)16-13(14)10-11(3)15-16/h10,12H,4-9,14H2,1-3H3. The molecule has 0 bridgehead atoms. The SMILES string of the molecule is CCCCCCC(CC)n1nc(C)cc1N. The zero-order valence-electron chi connectivity index (χ0n) is 10.9. The average Bonchev–Trinajstić information content (AvgIpc) is 2.58. The highest BCUT2D eigenvalue weighted by Crippen LogP contribution is 2.22. The van der Waals surface area contributed by atoms with Crippen LogP contribution in [0.5, 0.6) is 0 Å². The Balaban J connectivity index is 2.50. The zero-order valence-corrected chi connectivity index (χ0v) is 10.9. The van der Waals surface area contributed by atoms with Crippen LogP contribution in [0.3, 0.4) is 0 Å². The highest BCUT2D eigenvalue weighted by molar-refractivity contribution is 5.30. The van der Waals surface area contributed by atoms with Gasteiger partial charge in [0.1, 0.15) is 5.82 Å². The van der Waals surface area contributed by atoms with Gasteiger partial charge in [-0.15, -0.1) is 0 Å². The summed E-state index contributed by atoms with van der Waals surface area (Å²) in [4.78, 5) is 0. The Morgan fingerprint density at radius 1 is 1.31 bits per heavy atom. The molecule has 1 unspecified atom stereocenters. The second-order valence-corrected chi connectivity index (χ2v) is 4.57. The van der Waals surface area contributed by atoms with Gasteiger partial charge in [0, 0.05) is 6.07 Å². The van der Waals surface area contributed by atoms with E-state index in [1.807, 2.05) is 17.7 Å². The molecule has 0 amide bonds. The van der Waals surface area contributed by atoms with E-state index in [0.717, 1.165) is 17.9 Å². The van der Waals surface area contributed by atoms with Crippen LogP contribution in [-0.2, 0) is 0 Å². The van der Waals surface area contributed by atoms with E-state index in [4.69, 9.17) is 5.73 Å². The van der Waals surface area contributed by atoms with E-state index in [1.54, 1.807) is 0 Å². The quantitative estimate of drug-likeness (QED) is 0.716. The first-order valence-electron chi connectivity index (χ1n) is 6.50. The lowest BCUT2D eigenvalue weighted by molar-refractivity contribution is 0.398. The second kappa shape index (κ2) is 6.56. The van der Waals surface area contributed by atoms with Gasteiger partial charge in [-0.25, -0.2) is 4.68 Å². The Morgan fingerprint density at radius 2 is 2.06 bits per heavy atom. The molecule has 0 aromatic carbocycles. The number of hydrogen-bond donors (Lipinski definition) is 1. The molecule has 2 N–H and O–H groups in total. The van der Waals surface area contributed by atoms with Gasteiger partial charge in [0.05, 0.1) is 11.7 Å². The molecule has 1 rings (SSSR count). The van der Waals surface area contributed by atoms with Gasteiger partial charge in [0.15, 0.2) is 0 Å². The summed E-state index contributed by atoms with van der Waals surface area (Å²) in [5.41, 5.74) is 6.97. The van der Waals surface area contributed by atoms with Gasteiger partial charge in [0.2, 0.25) is 0 Å². The fourth-order valence-electron chi connectivity index (χ4n) is 2.14. The van der Waals surface area contributed by atoms with Crippen LogP contribution in [0.4, 0.5) is 5.82 Å². The van der Waals surface area contributed by atoms with Crippen molar-refractivity contribution in [2.24, 2.45) is 0 Å². The topological polar surface area (TPSA) is 43.8 Å². The first kappa shape index (κ1) is 13.1. The Morgan fingerprint density at radius 3 is 2.56 bits per heavy atom. The maximum Gasteiger partial charge on any atom is 0.122 e. The van der Waals surface area contributed by atoms with Gasteiger partial charge in [-0.2, -0.15) is 5.10 Å². The molecule has 1 atom stereocenters. The lowest BCUT2D eigenvalue weighted by Crippen LogP contribution is -2.12. The van der Waals surface area contributed by atoms with Crippen LogP contribution >= 0.6 is 0 Å². The molecule has 0 aliphatic carbocycles. The van der Waals surface area contributed by atoms with E-state index < -0.39 is 0 Å². The molecule has 0 aliphatic heterocycles. The summed E-state index contributed by atoms with van der Waals surface area (Å²) < 4.78 is 2.00. The number of aryl methyl sites for hydroxylation is 1. The predicted octanol–water partition coefficient (Wildman–Crippen LogP) is 3.70. The van der Waals surface area contributed by atoms with Crippen LogP contribution < -0.4 is 5.73 Å². The van der Waals surface area contributed by atoms with Crippen molar-refractivity contribution in [3.63, 3.8) is 0 Å². The molecule has 0 spiro atoms. The minimum Gasteiger partial charge on any atom is -0.384 e. The molecule has 0 radical (unpaired) electrons. The summed E-state index contributed by atoms with van der Waals surface area (Å²) in [6.07, 6.45) is 7.54. The fourth-order valence-corrected chi connectivity index (χ4v) is 2.14. The molecular weight excluding hydrogens is 198 g/mol. The summed E-state index contributed by atoms with van der Waals surface area (Å²) in [7, 11) is 0. The molecule has 0 saturated heterocycles. The number of unbranched alkanes of at least 4 members (excludes halogenated alkanes) is 3. The molecule has 1 aromatic rings. The summed E-state index contributed by atoms with van der Waals surface area (Å²) >= 11 is 0. The smallest absolute Gasteiger partial charge is 0.122 e. The number of nitrogens with zero attached hydrogens (tertiary/aromatic N) is 2. The van der Waals surface area contributed by atoms with Crippen molar-refractivity contribution < 1.29 is 0 Å². The molecule has 16 heavy (non-hydrogen) atoms. The first-order valence-corrected chi connectivity index (χ1v) is 6.50. The van der Waals surface area contributed by atoms with Crippen molar-refractivity contribution >= 4 is 5.82 Å². The second-order valence-electron chi connectivity index (χ2n) is 4.57. The minimum atomic E-state index is 0.477. The summed E-state index contributed by atoms with van der Waals surface area (Å²) in [5.74, 6) is 0.805. The van der Waals surface area contributed by atoms with Crippen LogP contribution in [0.1, 0.15) is 64.1 Å². The predicted molar refractivity (Wildman–Crippen MR) is 69.5 cm³/mol. The number of rotatable bonds is 7. The van der Waals surface area contributed by atoms with Crippen molar-refractivity contribution in [3.05, 3.63) is 11.8 Å². The summed E-state index contributed by atoms with van der Waals surface area (Å²) in [5, 5.41) is 4.47. The van der Waals surface area contributed by atoms with Gasteiger partial charge in [-0.05, 0) is 19.8 Å². The van der Waals surface area contributed by atoms with Gasteiger partial charge in [-0.3, -0.25) is 0 Å². The van der Waals surface area contributed by atoms with Gasteiger partial charge >= 0.3 is 0 Å². The largest absolute Gasteiger partial charge is 0.384 e. The van der Waals surface area contributed by atoms with Crippen LogP contribution in [-0.4, -0.2) is 9.78 Å². The Bertz CT molecular complexity index is 304. The fraction of sp³-hybridized carbons (Fsp3) is 0.769. The Kier molecular flexibility index (Phi) is 5.36. The van der Waals surface area contributed by atoms with Gasteiger partial charge in [-0.1, -0.05) is 39.5 Å². The van der Waals surface area contributed by atoms with Crippen LogP contribution in [0.2, 0.25) is 0 Å². The number of aromatic nitrogens is 2. The van der Waals surface area contributed by atoms with Crippen molar-refractivity contribution in [3.8, 4) is 0 Å². The van der Waals surface area contributed by atoms with E-state index in [-0.39, 0.29) is 0 Å². The van der Waals surface area contributed by atoms with E-state index in [2.05, 4.69) is 18.9 Å². The number of hydrogen-bond acceptors (Lipinski definition) is 2. The molecule has 92 valence electrons. The van der Waals surface area contributed by atoms with Crippen LogP contribution in [0, 0.1) is 6.92 Å². The zero-order chi connectivity index (χ0) is 12.0. The number of nitrogen functional groups attached to an aromatic ring is 1. The molecule has 1 aromatic heterocycles. The number of anilines is 1. The Labute approximate surface area is 99.0 Å². The molecular formula is C13H25N3. The van der Waals surface area contributed by atoms with E-state index in [1.165, 1.54) is 32.1 Å². The lowest BCUT2D eigenvalue weighted by atomic mass is 10.1. The van der Waals surface area contributed by atoms with Crippen molar-refractivity contribution in [2.45, 2.75) is 65.3 Å². The highest BCUT2D eigenvalue weighted by Gasteiger charge is 2.12. The van der Waals surface area contributed by atoms with Crippen LogP contribution in [0.15, 0.2) is 6.07 Å². The molecule has 0 fully saturated rings. The Hall–Kier alpha value is -0.990. The third-order valence-electron chi connectivity index (χ3n) is 3.09.